The Morgan fingerprint density at radius 3 is 2.87 bits per heavy atom. The Bertz CT molecular complexity index is 490. The minimum Gasteiger partial charge on any atom is -0.416 e. The topological polar surface area (TPSA) is 51.8 Å². The standard InChI is InChI=1S/C8H5ClFN3OS/c1-4-12-13-8(14-4)15-7-6(10)2-5(9)3-11-7/h2-3H,1H3. The highest BCUT2D eigenvalue weighted by atomic mass is 35.5. The number of pyridine rings is 1. The zero-order valence-electron chi connectivity index (χ0n) is 7.57. The van der Waals surface area contributed by atoms with Crippen LogP contribution in [0.15, 0.2) is 26.9 Å². The van der Waals surface area contributed by atoms with E-state index in [9.17, 15) is 4.39 Å². The molecule has 0 amide bonds. The molecule has 0 bridgehead atoms. The first-order valence-corrected chi connectivity index (χ1v) is 5.13. The Balaban J connectivity index is 2.24. The number of nitrogens with zero attached hydrogens (tertiary/aromatic N) is 3. The normalized spacial score (nSPS) is 10.6. The third-order valence-electron chi connectivity index (χ3n) is 1.47. The van der Waals surface area contributed by atoms with Crippen molar-refractivity contribution in [1.82, 2.24) is 15.2 Å². The lowest BCUT2D eigenvalue weighted by Crippen LogP contribution is -1.86. The van der Waals surface area contributed by atoms with Crippen molar-refractivity contribution in [3.63, 3.8) is 0 Å². The number of halogens is 2. The van der Waals surface area contributed by atoms with Gasteiger partial charge in [-0.15, -0.1) is 10.2 Å². The van der Waals surface area contributed by atoms with Crippen LogP contribution in [-0.4, -0.2) is 15.2 Å². The number of hydrogen-bond donors (Lipinski definition) is 0. The highest BCUT2D eigenvalue weighted by Crippen LogP contribution is 2.27. The van der Waals surface area contributed by atoms with Crippen LogP contribution in [0.25, 0.3) is 0 Å². The fourth-order valence-electron chi connectivity index (χ4n) is 0.879. The van der Waals surface area contributed by atoms with Crippen LogP contribution in [0.5, 0.6) is 0 Å². The Hall–Kier alpha value is -1.14. The van der Waals surface area contributed by atoms with Crippen LogP contribution in [0.1, 0.15) is 5.89 Å². The summed E-state index contributed by atoms with van der Waals surface area (Å²) >= 11 is 6.52. The van der Waals surface area contributed by atoms with Gasteiger partial charge in [0.15, 0.2) is 5.82 Å². The van der Waals surface area contributed by atoms with Crippen LogP contribution in [0.2, 0.25) is 5.02 Å². The zero-order valence-corrected chi connectivity index (χ0v) is 9.14. The molecule has 2 rings (SSSR count). The maximum atomic E-state index is 13.3. The third-order valence-corrected chi connectivity index (χ3v) is 2.51. The summed E-state index contributed by atoms with van der Waals surface area (Å²) in [7, 11) is 0. The SMILES string of the molecule is Cc1nnc(Sc2ncc(Cl)cc2F)o1. The summed E-state index contributed by atoms with van der Waals surface area (Å²) in [6, 6.07) is 1.18. The van der Waals surface area contributed by atoms with Gasteiger partial charge < -0.3 is 4.42 Å². The van der Waals surface area contributed by atoms with E-state index in [1.807, 2.05) is 0 Å². The van der Waals surface area contributed by atoms with Crippen molar-refractivity contribution >= 4 is 23.4 Å². The Morgan fingerprint density at radius 2 is 2.27 bits per heavy atom. The average Bonchev–Trinajstić information content (AvgIpc) is 2.56. The van der Waals surface area contributed by atoms with Gasteiger partial charge in [-0.25, -0.2) is 9.37 Å². The number of aryl methyl sites for hydroxylation is 1. The zero-order chi connectivity index (χ0) is 10.8. The van der Waals surface area contributed by atoms with E-state index < -0.39 is 5.82 Å². The van der Waals surface area contributed by atoms with E-state index in [4.69, 9.17) is 16.0 Å². The molecule has 0 radical (unpaired) electrons. The smallest absolute Gasteiger partial charge is 0.283 e. The molecule has 7 heteroatoms. The van der Waals surface area contributed by atoms with Crippen LogP contribution >= 0.6 is 23.4 Å². The minimum atomic E-state index is -0.511. The quantitative estimate of drug-likeness (QED) is 0.814. The molecule has 0 saturated heterocycles. The maximum Gasteiger partial charge on any atom is 0.283 e. The van der Waals surface area contributed by atoms with Crippen molar-refractivity contribution in [3.05, 3.63) is 29.0 Å². The molecule has 2 heterocycles. The van der Waals surface area contributed by atoms with E-state index in [1.165, 1.54) is 12.3 Å². The Morgan fingerprint density at radius 1 is 1.47 bits per heavy atom. The van der Waals surface area contributed by atoms with Crippen molar-refractivity contribution < 1.29 is 8.81 Å². The van der Waals surface area contributed by atoms with Gasteiger partial charge in [-0.3, -0.25) is 0 Å². The van der Waals surface area contributed by atoms with E-state index in [0.717, 1.165) is 11.8 Å². The molecular weight excluding hydrogens is 241 g/mol. The molecule has 0 spiro atoms. The van der Waals surface area contributed by atoms with Crippen molar-refractivity contribution in [1.29, 1.82) is 0 Å². The van der Waals surface area contributed by atoms with Crippen LogP contribution in [0.3, 0.4) is 0 Å². The van der Waals surface area contributed by atoms with Gasteiger partial charge in [-0.05, 0) is 17.8 Å². The second-order valence-corrected chi connectivity index (χ2v) is 4.01. The van der Waals surface area contributed by atoms with E-state index in [-0.39, 0.29) is 15.3 Å². The molecule has 0 N–H and O–H groups in total. The van der Waals surface area contributed by atoms with Crippen molar-refractivity contribution in [2.45, 2.75) is 17.2 Å². The number of aromatic nitrogens is 3. The first kappa shape index (κ1) is 10.4. The average molecular weight is 246 g/mol. The highest BCUT2D eigenvalue weighted by molar-refractivity contribution is 7.99. The molecule has 78 valence electrons. The predicted molar refractivity (Wildman–Crippen MR) is 52.4 cm³/mol. The lowest BCUT2D eigenvalue weighted by molar-refractivity contribution is 0.428. The van der Waals surface area contributed by atoms with Gasteiger partial charge in [0, 0.05) is 13.1 Å². The molecular formula is C8H5ClFN3OS. The summed E-state index contributed by atoms with van der Waals surface area (Å²) in [5.74, 6) is -0.0878. The van der Waals surface area contributed by atoms with Gasteiger partial charge in [-0.2, -0.15) is 0 Å². The molecule has 2 aromatic rings. The van der Waals surface area contributed by atoms with E-state index in [0.29, 0.717) is 5.89 Å². The van der Waals surface area contributed by atoms with Gasteiger partial charge in [-0.1, -0.05) is 11.6 Å². The first-order valence-electron chi connectivity index (χ1n) is 3.94. The van der Waals surface area contributed by atoms with E-state index in [2.05, 4.69) is 15.2 Å². The van der Waals surface area contributed by atoms with E-state index in [1.54, 1.807) is 6.92 Å². The monoisotopic (exact) mass is 245 g/mol. The third kappa shape index (κ3) is 2.45. The second-order valence-electron chi connectivity index (χ2n) is 2.63. The molecule has 15 heavy (non-hydrogen) atoms. The van der Waals surface area contributed by atoms with Crippen LogP contribution < -0.4 is 0 Å². The summed E-state index contributed by atoms with van der Waals surface area (Å²) in [5, 5.41) is 7.98. The van der Waals surface area contributed by atoms with Gasteiger partial charge in [0.1, 0.15) is 5.03 Å². The molecule has 0 aliphatic heterocycles. The maximum absolute atomic E-state index is 13.3. The molecule has 0 atom stereocenters. The molecule has 0 aliphatic carbocycles. The molecule has 0 aliphatic rings. The Labute approximate surface area is 93.9 Å². The molecule has 0 aromatic carbocycles. The summed E-state index contributed by atoms with van der Waals surface area (Å²) in [6.45, 7) is 1.66. The lowest BCUT2D eigenvalue weighted by atomic mass is 10.5. The van der Waals surface area contributed by atoms with Crippen LogP contribution in [0, 0.1) is 12.7 Å². The number of hydrogen-bond acceptors (Lipinski definition) is 5. The fourth-order valence-corrected chi connectivity index (χ4v) is 1.70. The van der Waals surface area contributed by atoms with Crippen LogP contribution in [0.4, 0.5) is 4.39 Å². The van der Waals surface area contributed by atoms with Gasteiger partial charge in [0.05, 0.1) is 5.02 Å². The van der Waals surface area contributed by atoms with Gasteiger partial charge >= 0.3 is 0 Å². The van der Waals surface area contributed by atoms with Gasteiger partial charge in [0.25, 0.3) is 5.22 Å². The molecule has 0 fully saturated rings. The molecule has 4 nitrogen and oxygen atoms in total. The summed E-state index contributed by atoms with van der Waals surface area (Å²) in [4.78, 5) is 3.81. The van der Waals surface area contributed by atoms with Crippen LogP contribution in [-0.2, 0) is 0 Å². The molecule has 0 unspecified atom stereocenters. The largest absolute Gasteiger partial charge is 0.416 e. The van der Waals surface area contributed by atoms with Gasteiger partial charge in [0.2, 0.25) is 5.89 Å². The number of rotatable bonds is 2. The summed E-state index contributed by atoms with van der Waals surface area (Å²) < 4.78 is 18.4. The minimum absolute atomic E-state index is 0.156. The first-order chi connectivity index (χ1) is 7.15. The fraction of sp³-hybridized carbons (Fsp3) is 0.125. The summed E-state index contributed by atoms with van der Waals surface area (Å²) in [6.07, 6.45) is 1.36. The molecule has 0 saturated carbocycles. The lowest BCUT2D eigenvalue weighted by Gasteiger charge is -1.97. The van der Waals surface area contributed by atoms with Crippen molar-refractivity contribution in [3.8, 4) is 0 Å². The second kappa shape index (κ2) is 4.16. The summed E-state index contributed by atoms with van der Waals surface area (Å²) in [5.41, 5.74) is 0. The predicted octanol–water partition coefficient (Wildman–Crippen LogP) is 2.72. The molecule has 2 aromatic heterocycles. The van der Waals surface area contributed by atoms with E-state index >= 15 is 0 Å². The van der Waals surface area contributed by atoms with Crippen molar-refractivity contribution in [2.24, 2.45) is 0 Å². The van der Waals surface area contributed by atoms with Crippen molar-refractivity contribution in [2.75, 3.05) is 0 Å². The Kier molecular flexibility index (Phi) is 2.88. The highest BCUT2D eigenvalue weighted by Gasteiger charge is 2.11.